The van der Waals surface area contributed by atoms with Gasteiger partial charge in [-0.05, 0) is 36.6 Å². The molecule has 6 heteroatoms. The molecule has 4 rings (SSSR count). The largest absolute Gasteiger partial charge is 0.493 e. The topological polar surface area (TPSA) is 79.9 Å². The summed E-state index contributed by atoms with van der Waals surface area (Å²) < 4.78 is 5.80. The summed E-state index contributed by atoms with van der Waals surface area (Å²) in [5.74, 6) is 2.61. The molecule has 2 N–H and O–H groups in total. The quantitative estimate of drug-likeness (QED) is 0.691. The van der Waals surface area contributed by atoms with Crippen LogP contribution in [0.5, 0.6) is 5.75 Å². The Balaban J connectivity index is 1.38. The first kappa shape index (κ1) is 18.2. The maximum atomic E-state index is 12.6. The second-order valence-corrected chi connectivity index (χ2v) is 7.14. The first-order valence-electron chi connectivity index (χ1n) is 9.73. The normalized spacial score (nSPS) is 15.5. The summed E-state index contributed by atoms with van der Waals surface area (Å²) in [6.07, 6.45) is 2.78. The monoisotopic (exact) mass is 376 g/mol. The first-order valence-corrected chi connectivity index (χ1v) is 9.73. The molecule has 0 fully saturated rings. The molecule has 0 bridgehead atoms. The van der Waals surface area contributed by atoms with Crippen LogP contribution in [0.25, 0.3) is 11.4 Å². The fourth-order valence-electron chi connectivity index (χ4n) is 3.43. The van der Waals surface area contributed by atoms with Gasteiger partial charge in [-0.3, -0.25) is 9.89 Å². The van der Waals surface area contributed by atoms with Crippen LogP contribution in [0.4, 0.5) is 0 Å². The van der Waals surface area contributed by atoms with Crippen LogP contribution in [0.3, 0.4) is 0 Å². The smallest absolute Gasteiger partial charge is 0.251 e. The number of rotatable bonds is 6. The maximum absolute atomic E-state index is 12.6. The van der Waals surface area contributed by atoms with Crippen molar-refractivity contribution in [2.75, 3.05) is 13.2 Å². The molecule has 1 aliphatic heterocycles. The van der Waals surface area contributed by atoms with Gasteiger partial charge in [0, 0.05) is 30.0 Å². The van der Waals surface area contributed by atoms with Crippen molar-refractivity contribution >= 4 is 5.91 Å². The molecule has 2 aromatic carbocycles. The molecule has 2 heterocycles. The molecule has 1 atom stereocenters. The van der Waals surface area contributed by atoms with E-state index in [0.717, 1.165) is 36.4 Å². The highest BCUT2D eigenvalue weighted by atomic mass is 16.5. The highest BCUT2D eigenvalue weighted by molar-refractivity contribution is 5.95. The van der Waals surface area contributed by atoms with E-state index in [9.17, 15) is 4.79 Å². The molecule has 28 heavy (non-hydrogen) atoms. The number of amides is 1. The number of nitrogens with one attached hydrogen (secondary N) is 2. The summed E-state index contributed by atoms with van der Waals surface area (Å²) >= 11 is 0. The molecule has 144 valence electrons. The third-order valence-electron chi connectivity index (χ3n) is 4.91. The lowest BCUT2D eigenvalue weighted by atomic mass is 9.96. The number of aromatic nitrogens is 3. The van der Waals surface area contributed by atoms with Gasteiger partial charge < -0.3 is 10.1 Å². The molecular formula is C22H24N4O2. The van der Waals surface area contributed by atoms with Crippen LogP contribution in [-0.2, 0) is 12.8 Å². The van der Waals surface area contributed by atoms with E-state index in [4.69, 9.17) is 4.74 Å². The van der Waals surface area contributed by atoms with Crippen LogP contribution >= 0.6 is 0 Å². The van der Waals surface area contributed by atoms with Gasteiger partial charge in [0.05, 0.1) is 6.61 Å². The van der Waals surface area contributed by atoms with Gasteiger partial charge in [0.15, 0.2) is 5.82 Å². The van der Waals surface area contributed by atoms with Gasteiger partial charge in [-0.1, -0.05) is 37.3 Å². The van der Waals surface area contributed by atoms with E-state index in [0.29, 0.717) is 24.5 Å². The minimum atomic E-state index is -0.0926. The van der Waals surface area contributed by atoms with Crippen molar-refractivity contribution in [2.45, 2.75) is 26.2 Å². The number of aromatic amines is 1. The molecule has 0 radical (unpaired) electrons. The molecule has 1 aliphatic rings. The molecule has 6 nitrogen and oxygen atoms in total. The van der Waals surface area contributed by atoms with Gasteiger partial charge in [0.1, 0.15) is 11.6 Å². The zero-order valence-corrected chi connectivity index (χ0v) is 15.9. The van der Waals surface area contributed by atoms with E-state index in [1.807, 2.05) is 42.5 Å². The second-order valence-electron chi connectivity index (χ2n) is 7.14. The summed E-state index contributed by atoms with van der Waals surface area (Å²) in [5, 5.41) is 10.3. The van der Waals surface area contributed by atoms with Gasteiger partial charge >= 0.3 is 0 Å². The molecule has 0 aliphatic carbocycles. The summed E-state index contributed by atoms with van der Waals surface area (Å²) in [7, 11) is 0. The van der Waals surface area contributed by atoms with E-state index in [1.54, 1.807) is 0 Å². The fraction of sp³-hybridized carbons (Fsp3) is 0.318. The minimum Gasteiger partial charge on any atom is -0.493 e. The molecule has 0 spiro atoms. The van der Waals surface area contributed by atoms with Crippen LogP contribution in [0, 0.1) is 5.92 Å². The number of carbonyl (C=O) groups is 1. The lowest BCUT2D eigenvalue weighted by Crippen LogP contribution is -2.34. The predicted molar refractivity (Wildman–Crippen MR) is 107 cm³/mol. The molecule has 1 aromatic heterocycles. The van der Waals surface area contributed by atoms with E-state index >= 15 is 0 Å². The third-order valence-corrected chi connectivity index (χ3v) is 4.91. The number of hydrogen-bond donors (Lipinski definition) is 2. The third kappa shape index (κ3) is 4.06. The Morgan fingerprint density at radius 3 is 3.04 bits per heavy atom. The Kier molecular flexibility index (Phi) is 5.37. The Morgan fingerprint density at radius 2 is 2.14 bits per heavy atom. The number of carbonyl (C=O) groups excluding carboxylic acids is 1. The fourth-order valence-corrected chi connectivity index (χ4v) is 3.43. The average molecular weight is 376 g/mol. The first-order chi connectivity index (χ1) is 13.7. The highest BCUT2D eigenvalue weighted by Crippen LogP contribution is 2.26. The standard InChI is InChI=1S/C22H24N4O2/c1-2-6-20-24-21(26-25-20)17-8-5-9-18(12-17)22(27)23-13-15-11-16-7-3-4-10-19(16)28-14-15/h3-5,7-10,12,15H,2,6,11,13-14H2,1H3,(H,23,27)(H,24,25,26). The number of hydrogen-bond acceptors (Lipinski definition) is 4. The number of aryl methyl sites for hydroxylation is 1. The predicted octanol–water partition coefficient (Wildman–Crippen LogP) is 3.41. The van der Waals surface area contributed by atoms with Crippen LogP contribution in [-0.4, -0.2) is 34.2 Å². The van der Waals surface area contributed by atoms with Crippen LogP contribution in [0.2, 0.25) is 0 Å². The summed E-state index contributed by atoms with van der Waals surface area (Å²) in [6.45, 7) is 3.30. The Morgan fingerprint density at radius 1 is 1.25 bits per heavy atom. The van der Waals surface area contributed by atoms with Crippen molar-refractivity contribution in [3.05, 3.63) is 65.5 Å². The van der Waals surface area contributed by atoms with Crippen molar-refractivity contribution in [3.8, 4) is 17.1 Å². The highest BCUT2D eigenvalue weighted by Gasteiger charge is 2.20. The summed E-state index contributed by atoms with van der Waals surface area (Å²) in [6, 6.07) is 15.5. The van der Waals surface area contributed by atoms with Crippen molar-refractivity contribution < 1.29 is 9.53 Å². The van der Waals surface area contributed by atoms with E-state index in [2.05, 4.69) is 33.5 Å². The average Bonchev–Trinajstić information content (AvgIpc) is 3.21. The Labute approximate surface area is 164 Å². The molecule has 1 unspecified atom stereocenters. The maximum Gasteiger partial charge on any atom is 0.251 e. The molecule has 0 saturated carbocycles. The number of para-hydroxylation sites is 1. The second kappa shape index (κ2) is 8.25. The molecule has 0 saturated heterocycles. The van der Waals surface area contributed by atoms with Crippen LogP contribution in [0.1, 0.15) is 35.1 Å². The SMILES string of the molecule is CCCc1nc(-c2cccc(C(=O)NCC3COc4ccccc4C3)c2)n[nH]1. The summed E-state index contributed by atoms with van der Waals surface area (Å²) in [4.78, 5) is 17.1. The van der Waals surface area contributed by atoms with Gasteiger partial charge in [-0.15, -0.1) is 0 Å². The lowest BCUT2D eigenvalue weighted by Gasteiger charge is -2.25. The number of ether oxygens (including phenoxy) is 1. The minimum absolute atomic E-state index is 0.0926. The van der Waals surface area contributed by atoms with E-state index < -0.39 is 0 Å². The zero-order valence-electron chi connectivity index (χ0n) is 15.9. The van der Waals surface area contributed by atoms with Crippen LogP contribution < -0.4 is 10.1 Å². The molecule has 3 aromatic rings. The molecular weight excluding hydrogens is 352 g/mol. The lowest BCUT2D eigenvalue weighted by molar-refractivity contribution is 0.0939. The van der Waals surface area contributed by atoms with Gasteiger partial charge in [0.2, 0.25) is 0 Å². The Bertz CT molecular complexity index is 966. The van der Waals surface area contributed by atoms with E-state index in [-0.39, 0.29) is 11.8 Å². The number of H-pyrrole nitrogens is 1. The van der Waals surface area contributed by atoms with Crippen molar-refractivity contribution in [1.82, 2.24) is 20.5 Å². The number of benzene rings is 2. The molecule has 1 amide bonds. The van der Waals surface area contributed by atoms with Crippen molar-refractivity contribution in [3.63, 3.8) is 0 Å². The van der Waals surface area contributed by atoms with Crippen molar-refractivity contribution in [1.29, 1.82) is 0 Å². The van der Waals surface area contributed by atoms with Gasteiger partial charge in [0.25, 0.3) is 5.91 Å². The number of nitrogens with zero attached hydrogens (tertiary/aromatic N) is 2. The van der Waals surface area contributed by atoms with Crippen LogP contribution in [0.15, 0.2) is 48.5 Å². The number of fused-ring (bicyclic) bond motifs is 1. The van der Waals surface area contributed by atoms with E-state index in [1.165, 1.54) is 5.56 Å². The zero-order chi connectivity index (χ0) is 19.3. The van der Waals surface area contributed by atoms with Gasteiger partial charge in [-0.2, -0.15) is 5.10 Å². The Hall–Kier alpha value is -3.15. The van der Waals surface area contributed by atoms with Crippen molar-refractivity contribution in [2.24, 2.45) is 5.92 Å². The summed E-state index contributed by atoms with van der Waals surface area (Å²) in [5.41, 5.74) is 2.64. The van der Waals surface area contributed by atoms with Gasteiger partial charge in [-0.25, -0.2) is 4.98 Å².